The summed E-state index contributed by atoms with van der Waals surface area (Å²) in [7, 11) is 1.52. The third-order valence-electron chi connectivity index (χ3n) is 3.91. The van der Waals surface area contributed by atoms with Gasteiger partial charge in [-0.25, -0.2) is 5.43 Å². The Morgan fingerprint density at radius 1 is 1.30 bits per heavy atom. The highest BCUT2D eigenvalue weighted by atomic mass is 127. The Labute approximate surface area is 185 Å². The van der Waals surface area contributed by atoms with Crippen molar-refractivity contribution in [1.29, 1.82) is 0 Å². The molecule has 1 aromatic heterocycles. The number of furan rings is 1. The predicted molar refractivity (Wildman–Crippen MR) is 117 cm³/mol. The van der Waals surface area contributed by atoms with Crippen molar-refractivity contribution in [2.45, 2.75) is 6.61 Å². The number of carbonyl (C=O) groups is 1. The van der Waals surface area contributed by atoms with Gasteiger partial charge in [0.2, 0.25) is 0 Å². The van der Waals surface area contributed by atoms with Crippen LogP contribution in [0.3, 0.4) is 0 Å². The topological polar surface area (TPSA) is 116 Å². The minimum Gasteiger partial charge on any atom is -0.493 e. The van der Waals surface area contributed by atoms with E-state index in [0.29, 0.717) is 17.1 Å². The van der Waals surface area contributed by atoms with Gasteiger partial charge in [-0.1, -0.05) is 0 Å². The minimum absolute atomic E-state index is 0.0219. The monoisotopic (exact) mass is 521 g/mol. The SMILES string of the molecule is COc1cc(/C=N\NC(=O)c2ccco2)cc(I)c1OCc1ccc([N+](=O)[O-])cc1. The van der Waals surface area contributed by atoms with E-state index in [2.05, 4.69) is 33.1 Å². The molecule has 0 aliphatic rings. The molecule has 0 aliphatic carbocycles. The number of nitro groups is 1. The molecule has 0 saturated carbocycles. The van der Waals surface area contributed by atoms with Crippen LogP contribution in [0.25, 0.3) is 0 Å². The molecule has 9 nitrogen and oxygen atoms in total. The molecule has 0 spiro atoms. The number of carbonyl (C=O) groups excluding carboxylic acids is 1. The Kier molecular flexibility index (Phi) is 7.01. The molecular weight excluding hydrogens is 505 g/mol. The largest absolute Gasteiger partial charge is 0.493 e. The number of nitrogens with one attached hydrogen (secondary N) is 1. The number of hydrogen-bond donors (Lipinski definition) is 1. The van der Waals surface area contributed by atoms with Gasteiger partial charge in [-0.05, 0) is 70.1 Å². The zero-order chi connectivity index (χ0) is 21.5. The molecule has 1 heterocycles. The van der Waals surface area contributed by atoms with Gasteiger partial charge in [-0.3, -0.25) is 14.9 Å². The first-order chi connectivity index (χ1) is 14.5. The van der Waals surface area contributed by atoms with Crippen molar-refractivity contribution in [3.8, 4) is 11.5 Å². The minimum atomic E-state index is -0.457. The number of ether oxygens (including phenoxy) is 2. The number of rotatable bonds is 8. The van der Waals surface area contributed by atoms with Gasteiger partial charge in [0.25, 0.3) is 5.69 Å². The summed E-state index contributed by atoms with van der Waals surface area (Å²) in [5.41, 5.74) is 3.88. The van der Waals surface area contributed by atoms with E-state index in [4.69, 9.17) is 13.9 Å². The molecule has 0 aliphatic heterocycles. The number of amides is 1. The van der Waals surface area contributed by atoms with E-state index in [1.807, 2.05) is 6.07 Å². The van der Waals surface area contributed by atoms with Crippen LogP contribution in [0, 0.1) is 13.7 Å². The van der Waals surface area contributed by atoms with Crippen LogP contribution in [0.15, 0.2) is 64.3 Å². The fraction of sp³-hybridized carbons (Fsp3) is 0.100. The number of nitro benzene ring substituents is 1. The van der Waals surface area contributed by atoms with Crippen LogP contribution in [0.4, 0.5) is 5.69 Å². The average Bonchev–Trinajstić information content (AvgIpc) is 3.28. The van der Waals surface area contributed by atoms with Crippen molar-refractivity contribution in [3.63, 3.8) is 0 Å². The fourth-order valence-corrected chi connectivity index (χ4v) is 3.23. The number of methoxy groups -OCH3 is 1. The lowest BCUT2D eigenvalue weighted by Gasteiger charge is -2.13. The van der Waals surface area contributed by atoms with Gasteiger partial charge in [-0.2, -0.15) is 5.10 Å². The van der Waals surface area contributed by atoms with Crippen molar-refractivity contribution in [3.05, 3.63) is 85.4 Å². The van der Waals surface area contributed by atoms with Crippen LogP contribution in [-0.2, 0) is 6.61 Å². The molecule has 0 unspecified atom stereocenters. The Bertz CT molecular complexity index is 1060. The highest BCUT2D eigenvalue weighted by Gasteiger charge is 2.12. The first-order valence-corrected chi connectivity index (χ1v) is 9.66. The summed E-state index contributed by atoms with van der Waals surface area (Å²) >= 11 is 2.11. The van der Waals surface area contributed by atoms with E-state index in [9.17, 15) is 14.9 Å². The Morgan fingerprint density at radius 2 is 2.07 bits per heavy atom. The van der Waals surface area contributed by atoms with Crippen LogP contribution in [-0.4, -0.2) is 24.2 Å². The Morgan fingerprint density at radius 3 is 2.70 bits per heavy atom. The first-order valence-electron chi connectivity index (χ1n) is 8.58. The first kappa shape index (κ1) is 21.3. The summed E-state index contributed by atoms with van der Waals surface area (Å²) in [4.78, 5) is 22.1. The second-order valence-corrected chi connectivity index (χ2v) is 7.08. The lowest BCUT2D eigenvalue weighted by atomic mass is 10.2. The van der Waals surface area contributed by atoms with Crippen molar-refractivity contribution in [2.75, 3.05) is 7.11 Å². The van der Waals surface area contributed by atoms with Crippen LogP contribution >= 0.6 is 22.6 Å². The second-order valence-electron chi connectivity index (χ2n) is 5.92. The number of nitrogens with zero attached hydrogens (tertiary/aromatic N) is 2. The Hall–Kier alpha value is -3.41. The van der Waals surface area contributed by atoms with E-state index in [0.717, 1.165) is 9.13 Å². The third-order valence-corrected chi connectivity index (χ3v) is 4.71. The lowest BCUT2D eigenvalue weighted by molar-refractivity contribution is -0.384. The van der Waals surface area contributed by atoms with Gasteiger partial charge in [-0.15, -0.1) is 0 Å². The average molecular weight is 521 g/mol. The molecule has 3 aromatic rings. The quantitative estimate of drug-likeness (QED) is 0.206. The molecule has 0 radical (unpaired) electrons. The lowest BCUT2D eigenvalue weighted by Crippen LogP contribution is -2.16. The molecule has 0 atom stereocenters. The predicted octanol–water partition coefficient (Wildman–Crippen LogP) is 4.14. The number of hydrazone groups is 1. The molecule has 0 saturated heterocycles. The summed E-state index contributed by atoms with van der Waals surface area (Å²) in [5.74, 6) is 0.728. The summed E-state index contributed by atoms with van der Waals surface area (Å²) in [5, 5.41) is 14.7. The van der Waals surface area contributed by atoms with Crippen molar-refractivity contribution in [2.24, 2.45) is 5.10 Å². The molecule has 30 heavy (non-hydrogen) atoms. The van der Waals surface area contributed by atoms with Gasteiger partial charge in [0.15, 0.2) is 17.3 Å². The zero-order valence-corrected chi connectivity index (χ0v) is 17.9. The van der Waals surface area contributed by atoms with Crippen LogP contribution in [0.1, 0.15) is 21.7 Å². The molecular formula is C20H16IN3O6. The van der Waals surface area contributed by atoms with Crippen LogP contribution in [0.2, 0.25) is 0 Å². The van der Waals surface area contributed by atoms with Gasteiger partial charge in [0.1, 0.15) is 6.61 Å². The number of non-ortho nitro benzene ring substituents is 1. The zero-order valence-electron chi connectivity index (χ0n) is 15.7. The molecule has 0 fully saturated rings. The van der Waals surface area contributed by atoms with Gasteiger partial charge >= 0.3 is 5.91 Å². The Balaban J connectivity index is 1.68. The molecule has 1 amide bonds. The highest BCUT2D eigenvalue weighted by Crippen LogP contribution is 2.34. The van der Waals surface area contributed by atoms with Gasteiger partial charge in [0, 0.05) is 12.1 Å². The summed E-state index contributed by atoms with van der Waals surface area (Å²) in [6, 6.07) is 12.8. The van der Waals surface area contributed by atoms with Crippen LogP contribution < -0.4 is 14.9 Å². The second kappa shape index (κ2) is 9.87. The number of halogens is 1. The van der Waals surface area contributed by atoms with Crippen LogP contribution in [0.5, 0.6) is 11.5 Å². The standard InChI is InChI=1S/C20H16IN3O6/c1-28-18-10-14(11-22-23-20(25)17-3-2-8-29-17)9-16(21)19(18)30-12-13-4-6-15(7-5-13)24(26)27/h2-11H,12H2,1H3,(H,23,25)/b22-11-. The van der Waals surface area contributed by atoms with Gasteiger partial charge in [0.05, 0.1) is 28.1 Å². The molecule has 3 rings (SSSR count). The normalized spacial score (nSPS) is 10.7. The molecule has 154 valence electrons. The van der Waals surface area contributed by atoms with Crippen molar-refractivity contribution < 1.29 is 23.6 Å². The highest BCUT2D eigenvalue weighted by molar-refractivity contribution is 14.1. The number of benzene rings is 2. The smallest absolute Gasteiger partial charge is 0.307 e. The van der Waals surface area contributed by atoms with E-state index in [1.165, 1.54) is 37.8 Å². The maximum absolute atomic E-state index is 11.8. The summed E-state index contributed by atoms with van der Waals surface area (Å²) < 4.78 is 17.0. The summed E-state index contributed by atoms with van der Waals surface area (Å²) in [6.07, 6.45) is 2.88. The van der Waals surface area contributed by atoms with E-state index in [-0.39, 0.29) is 18.1 Å². The fourth-order valence-electron chi connectivity index (χ4n) is 2.45. The molecule has 1 N–H and O–H groups in total. The van der Waals surface area contributed by atoms with Gasteiger partial charge < -0.3 is 13.9 Å². The maximum atomic E-state index is 11.8. The molecule has 2 aromatic carbocycles. The van der Waals surface area contributed by atoms with Crippen molar-refractivity contribution >= 4 is 40.4 Å². The third kappa shape index (κ3) is 5.35. The molecule has 10 heteroatoms. The van der Waals surface area contributed by atoms with E-state index < -0.39 is 10.8 Å². The van der Waals surface area contributed by atoms with E-state index >= 15 is 0 Å². The van der Waals surface area contributed by atoms with Crippen molar-refractivity contribution in [1.82, 2.24) is 5.43 Å². The summed E-state index contributed by atoms with van der Waals surface area (Å²) in [6.45, 7) is 0.219. The maximum Gasteiger partial charge on any atom is 0.307 e. The molecule has 0 bridgehead atoms. The van der Waals surface area contributed by atoms with E-state index in [1.54, 1.807) is 24.3 Å². The number of hydrogen-bond acceptors (Lipinski definition) is 7.